The van der Waals surface area contributed by atoms with Crippen molar-refractivity contribution in [3.8, 4) is 0 Å². The van der Waals surface area contributed by atoms with Crippen molar-refractivity contribution in [1.29, 1.82) is 0 Å². The lowest BCUT2D eigenvalue weighted by Gasteiger charge is -2.34. The average molecular weight is 355 g/mol. The van der Waals surface area contributed by atoms with E-state index in [9.17, 15) is 4.79 Å². The van der Waals surface area contributed by atoms with Gasteiger partial charge in [0.1, 0.15) is 5.52 Å². The summed E-state index contributed by atoms with van der Waals surface area (Å²) in [7, 11) is 0. The molecule has 4 rings (SSSR count). The minimum Gasteiger partial charge on any atom is -0.423 e. The third-order valence-electron chi connectivity index (χ3n) is 5.62. The summed E-state index contributed by atoms with van der Waals surface area (Å²) in [5.74, 6) is 1.18. The van der Waals surface area contributed by atoms with Crippen LogP contribution in [-0.4, -0.2) is 41.5 Å². The molecule has 2 fully saturated rings. The zero-order valence-corrected chi connectivity index (χ0v) is 15.9. The molecule has 1 aliphatic heterocycles. The summed E-state index contributed by atoms with van der Waals surface area (Å²) in [5.41, 5.74) is 1.73. The largest absolute Gasteiger partial charge is 0.423 e. The smallest absolute Gasteiger partial charge is 0.298 e. The van der Waals surface area contributed by atoms with Gasteiger partial charge in [-0.15, -0.1) is 0 Å². The van der Waals surface area contributed by atoms with Gasteiger partial charge in [-0.1, -0.05) is 26.0 Å². The predicted molar refractivity (Wildman–Crippen MR) is 103 cm³/mol. The lowest BCUT2D eigenvalue weighted by molar-refractivity contribution is -0.137. The first-order valence-corrected chi connectivity index (χ1v) is 10.0. The predicted octanol–water partition coefficient (Wildman–Crippen LogP) is 4.08. The topological polar surface area (TPSA) is 49.6 Å². The maximum Gasteiger partial charge on any atom is 0.298 e. The molecule has 0 atom stereocenters. The van der Waals surface area contributed by atoms with Crippen molar-refractivity contribution in [2.45, 2.75) is 52.0 Å². The second-order valence-corrected chi connectivity index (χ2v) is 8.17. The summed E-state index contributed by atoms with van der Waals surface area (Å²) in [6.07, 6.45) is 5.26. The van der Waals surface area contributed by atoms with Crippen molar-refractivity contribution in [2.24, 2.45) is 11.8 Å². The molecule has 0 radical (unpaired) electrons. The van der Waals surface area contributed by atoms with Gasteiger partial charge in [0, 0.05) is 31.6 Å². The van der Waals surface area contributed by atoms with Crippen molar-refractivity contribution in [2.75, 3.05) is 24.5 Å². The number of para-hydroxylation sites is 2. The molecule has 2 aliphatic rings. The van der Waals surface area contributed by atoms with Gasteiger partial charge in [-0.05, 0) is 50.2 Å². The van der Waals surface area contributed by atoms with Gasteiger partial charge in [-0.2, -0.15) is 4.98 Å². The number of fused-ring (bicyclic) bond motifs is 1. The highest BCUT2D eigenvalue weighted by Gasteiger charge is 2.37. The molecule has 1 aromatic carbocycles. The van der Waals surface area contributed by atoms with Crippen LogP contribution in [0.2, 0.25) is 0 Å². The van der Waals surface area contributed by atoms with Crippen LogP contribution in [0.3, 0.4) is 0 Å². The zero-order valence-electron chi connectivity index (χ0n) is 15.9. The van der Waals surface area contributed by atoms with Crippen LogP contribution in [0.1, 0.15) is 46.0 Å². The van der Waals surface area contributed by atoms with E-state index in [1.54, 1.807) is 0 Å². The van der Waals surface area contributed by atoms with E-state index in [2.05, 4.69) is 28.6 Å². The molecular formula is C21H29N3O2. The SMILES string of the molecule is CC(C)CCN(C(=O)C1CCN(c2nc3ccccc3o2)CC1)C1CC1. The Hall–Kier alpha value is -2.04. The quantitative estimate of drug-likeness (QED) is 0.783. The van der Waals surface area contributed by atoms with Crippen molar-refractivity contribution >= 4 is 23.0 Å². The fourth-order valence-electron chi connectivity index (χ4n) is 3.80. The van der Waals surface area contributed by atoms with Gasteiger partial charge in [-0.25, -0.2) is 0 Å². The first-order chi connectivity index (χ1) is 12.6. The Balaban J connectivity index is 1.37. The van der Waals surface area contributed by atoms with Gasteiger partial charge in [0.25, 0.3) is 6.01 Å². The van der Waals surface area contributed by atoms with E-state index >= 15 is 0 Å². The Bertz CT molecular complexity index is 724. The van der Waals surface area contributed by atoms with Gasteiger partial charge >= 0.3 is 0 Å². The highest BCUT2D eigenvalue weighted by molar-refractivity contribution is 5.80. The number of nitrogens with zero attached hydrogens (tertiary/aromatic N) is 3. The summed E-state index contributed by atoms with van der Waals surface area (Å²) < 4.78 is 5.88. The van der Waals surface area contributed by atoms with Crippen molar-refractivity contribution in [3.63, 3.8) is 0 Å². The Morgan fingerprint density at radius 3 is 2.62 bits per heavy atom. The molecule has 1 amide bonds. The number of oxazole rings is 1. The lowest BCUT2D eigenvalue weighted by Crippen LogP contribution is -2.44. The standard InChI is InChI=1S/C21H29N3O2/c1-15(2)9-14-24(17-7-8-17)20(25)16-10-12-23(13-11-16)21-22-18-5-3-4-6-19(18)26-21/h3-6,15-17H,7-14H2,1-2H3. The average Bonchev–Trinajstić information content (AvgIpc) is 3.39. The molecule has 1 saturated heterocycles. The van der Waals surface area contributed by atoms with E-state index in [1.807, 2.05) is 24.3 Å². The highest BCUT2D eigenvalue weighted by atomic mass is 16.4. The van der Waals surface area contributed by atoms with Crippen LogP contribution in [0.4, 0.5) is 6.01 Å². The van der Waals surface area contributed by atoms with E-state index in [4.69, 9.17) is 4.42 Å². The molecule has 5 heteroatoms. The molecule has 140 valence electrons. The van der Waals surface area contributed by atoms with Gasteiger partial charge in [0.05, 0.1) is 0 Å². The molecule has 2 aromatic rings. The zero-order chi connectivity index (χ0) is 18.1. The molecule has 1 saturated carbocycles. The Morgan fingerprint density at radius 2 is 1.96 bits per heavy atom. The van der Waals surface area contributed by atoms with Crippen LogP contribution in [-0.2, 0) is 4.79 Å². The van der Waals surface area contributed by atoms with Crippen LogP contribution in [0.15, 0.2) is 28.7 Å². The Kier molecular flexibility index (Phi) is 4.88. The third-order valence-corrected chi connectivity index (χ3v) is 5.62. The van der Waals surface area contributed by atoms with Gasteiger partial charge in [0.2, 0.25) is 5.91 Å². The van der Waals surface area contributed by atoms with Crippen LogP contribution >= 0.6 is 0 Å². The number of piperidine rings is 1. The molecular weight excluding hydrogens is 326 g/mol. The Labute approximate surface area is 155 Å². The van der Waals surface area contributed by atoms with E-state index in [1.165, 1.54) is 12.8 Å². The van der Waals surface area contributed by atoms with E-state index in [-0.39, 0.29) is 5.92 Å². The number of benzene rings is 1. The van der Waals surface area contributed by atoms with E-state index in [0.29, 0.717) is 23.9 Å². The van der Waals surface area contributed by atoms with Crippen LogP contribution in [0, 0.1) is 11.8 Å². The molecule has 26 heavy (non-hydrogen) atoms. The van der Waals surface area contributed by atoms with Gasteiger partial charge < -0.3 is 14.2 Å². The van der Waals surface area contributed by atoms with Gasteiger partial charge in [0.15, 0.2) is 5.58 Å². The van der Waals surface area contributed by atoms with Crippen molar-refractivity contribution in [3.05, 3.63) is 24.3 Å². The molecule has 0 N–H and O–H groups in total. The number of hydrogen-bond acceptors (Lipinski definition) is 4. The molecule has 0 bridgehead atoms. The summed E-state index contributed by atoms with van der Waals surface area (Å²) in [5, 5.41) is 0. The lowest BCUT2D eigenvalue weighted by atomic mass is 9.95. The van der Waals surface area contributed by atoms with Crippen LogP contribution in [0.5, 0.6) is 0 Å². The molecule has 0 spiro atoms. The molecule has 1 aliphatic carbocycles. The summed E-state index contributed by atoms with van der Waals surface area (Å²) in [6, 6.07) is 9.06. The first kappa shape index (κ1) is 17.4. The summed E-state index contributed by atoms with van der Waals surface area (Å²) in [6.45, 7) is 7.06. The fourth-order valence-corrected chi connectivity index (χ4v) is 3.80. The third kappa shape index (κ3) is 3.71. The number of hydrogen-bond donors (Lipinski definition) is 0. The maximum atomic E-state index is 13.0. The molecule has 2 heterocycles. The number of amides is 1. The maximum absolute atomic E-state index is 13.0. The summed E-state index contributed by atoms with van der Waals surface area (Å²) >= 11 is 0. The monoisotopic (exact) mass is 355 g/mol. The van der Waals surface area contributed by atoms with Crippen LogP contribution in [0.25, 0.3) is 11.1 Å². The number of carbonyl (C=O) groups is 1. The fraction of sp³-hybridized carbons (Fsp3) is 0.619. The first-order valence-electron chi connectivity index (χ1n) is 10.0. The van der Waals surface area contributed by atoms with Crippen molar-refractivity contribution in [1.82, 2.24) is 9.88 Å². The molecule has 0 unspecified atom stereocenters. The summed E-state index contributed by atoms with van der Waals surface area (Å²) in [4.78, 5) is 22.0. The normalized spacial score (nSPS) is 18.7. The second kappa shape index (κ2) is 7.29. The minimum atomic E-state index is 0.156. The second-order valence-electron chi connectivity index (χ2n) is 8.17. The van der Waals surface area contributed by atoms with E-state index in [0.717, 1.165) is 50.0 Å². The van der Waals surface area contributed by atoms with Crippen LogP contribution < -0.4 is 4.90 Å². The van der Waals surface area contributed by atoms with Gasteiger partial charge in [-0.3, -0.25) is 4.79 Å². The minimum absolute atomic E-state index is 0.156. The number of anilines is 1. The van der Waals surface area contributed by atoms with E-state index < -0.39 is 0 Å². The number of rotatable bonds is 6. The molecule has 1 aromatic heterocycles. The highest BCUT2D eigenvalue weighted by Crippen LogP contribution is 2.32. The molecule has 5 nitrogen and oxygen atoms in total. The van der Waals surface area contributed by atoms with Crippen molar-refractivity contribution < 1.29 is 9.21 Å². The Morgan fingerprint density at radius 1 is 1.23 bits per heavy atom. The number of carbonyl (C=O) groups excluding carboxylic acids is 1. The number of aromatic nitrogens is 1.